The van der Waals surface area contributed by atoms with Crippen molar-refractivity contribution in [2.75, 3.05) is 0 Å². The van der Waals surface area contributed by atoms with E-state index in [2.05, 4.69) is 161 Å². The van der Waals surface area contributed by atoms with Gasteiger partial charge in [0.05, 0.1) is 8.60 Å². The molecule has 0 aromatic heterocycles. The van der Waals surface area contributed by atoms with E-state index in [1.54, 1.807) is 5.56 Å². The summed E-state index contributed by atoms with van der Waals surface area (Å²) < 4.78 is 0. The number of aromatic hydroxyl groups is 3. The first-order valence-electron chi connectivity index (χ1n) is 55.0. The first kappa shape index (κ1) is 132. The van der Waals surface area contributed by atoms with Gasteiger partial charge in [-0.1, -0.05) is 560 Å². The van der Waals surface area contributed by atoms with Crippen molar-refractivity contribution >= 4 is 25.8 Å². The average molecular weight is 2060 g/mol. The van der Waals surface area contributed by atoms with Crippen LogP contribution in [0.15, 0.2) is 36.4 Å². The maximum absolute atomic E-state index is 13.1. The molecule has 0 radical (unpaired) electrons. The normalized spacial score (nSPS) is 12.6. The van der Waals surface area contributed by atoms with Crippen molar-refractivity contribution in [2.24, 2.45) is 10.8 Å². The molecule has 0 aliphatic heterocycles. The molecule has 131 heavy (non-hydrogen) atoms. The van der Waals surface area contributed by atoms with Crippen molar-refractivity contribution < 1.29 is 81.7 Å². The van der Waals surface area contributed by atoms with Gasteiger partial charge in [0.15, 0.2) is 0 Å². The van der Waals surface area contributed by atoms with E-state index < -0.39 is 36.6 Å². The molecule has 3 aromatic rings. The summed E-state index contributed by atoms with van der Waals surface area (Å²) in [5.74, 6) is 2.85. The molecular formula is C115H212O12P3Ta. The molecule has 0 heterocycles. The number of hydrogen-bond donors (Lipinski definition) is 8. The van der Waals surface area contributed by atoms with Gasteiger partial charge in [0.1, 0.15) is 17.2 Å². The Bertz CT molecular complexity index is 2920. The zero-order valence-corrected chi connectivity index (χ0v) is 94.8. The van der Waals surface area contributed by atoms with Crippen molar-refractivity contribution in [3.8, 4) is 17.2 Å². The molecule has 0 fully saturated rings. The number of rotatable bonds is 78. The first-order valence-corrected chi connectivity index (χ1v) is 58.4. The van der Waals surface area contributed by atoms with Gasteiger partial charge in [-0.25, -0.2) is 0 Å². The summed E-state index contributed by atoms with van der Waals surface area (Å²) in [7, 11) is -8.86. The molecule has 0 saturated heterocycles. The Balaban J connectivity index is 0. The van der Waals surface area contributed by atoms with Gasteiger partial charge in [-0.15, -0.1) is 40.3 Å². The molecule has 8 N–H and O–H groups in total. The molecule has 1 atom stereocenters. The van der Waals surface area contributed by atoms with Crippen LogP contribution in [-0.4, -0.2) is 39.8 Å². The number of benzene rings is 3. The molecule has 0 aliphatic rings. The van der Waals surface area contributed by atoms with Crippen molar-refractivity contribution in [1.82, 2.24) is 0 Å². The van der Waals surface area contributed by atoms with Crippen molar-refractivity contribution in [1.29, 1.82) is 0 Å². The fraction of sp³-hybridized carbons (Fsp3) is 0.835. The Morgan fingerprint density at radius 2 is 0.405 bits per heavy atom. The van der Waals surface area contributed by atoms with Crippen LogP contribution < -0.4 is 19.6 Å². The smallest absolute Gasteiger partial charge is 0.854 e. The molecule has 3 aromatic carbocycles. The Morgan fingerprint density at radius 3 is 0.595 bits per heavy atom. The third kappa shape index (κ3) is 59.2. The Morgan fingerprint density at radius 1 is 0.244 bits per heavy atom. The molecule has 3 rings (SSSR count). The predicted octanol–water partition coefficient (Wildman–Crippen LogP) is 34.7. The number of hydrogen-bond acceptors (Lipinski definition) is 12. The summed E-state index contributed by atoms with van der Waals surface area (Å²) >= 11 is 0. The van der Waals surface area contributed by atoms with Crippen LogP contribution in [0.4, 0.5) is 0 Å². The fourth-order valence-corrected chi connectivity index (χ4v) is 21.9. The van der Waals surface area contributed by atoms with Gasteiger partial charge < -0.3 is 68.0 Å². The minimum Gasteiger partial charge on any atom is -0.854 e. The maximum Gasteiger partial charge on any atom is 5.00 e. The molecule has 16 heteroatoms. The van der Waals surface area contributed by atoms with Gasteiger partial charge in [0.2, 0.25) is 0 Å². The molecular weight excluding hydrogens is 1850 g/mol. The van der Waals surface area contributed by atoms with E-state index in [4.69, 9.17) is 44.0 Å². The predicted molar refractivity (Wildman–Crippen MR) is 561 cm³/mol. The van der Waals surface area contributed by atoms with Gasteiger partial charge in [-0.2, -0.15) is 0 Å². The molecule has 0 bridgehead atoms. The number of phenols is 3. The maximum atomic E-state index is 13.1. The Kier molecular flexibility index (Phi) is 81.6. The minimum absolute atomic E-state index is 0. The van der Waals surface area contributed by atoms with Crippen LogP contribution in [0.25, 0.3) is 0 Å². The van der Waals surface area contributed by atoms with Crippen molar-refractivity contribution in [3.05, 3.63) is 92.4 Å². The summed E-state index contributed by atoms with van der Waals surface area (Å²) in [6, 6.07) is 14.7. The molecule has 1 unspecified atom stereocenters. The van der Waals surface area contributed by atoms with Gasteiger partial charge in [0, 0.05) is 5.41 Å². The topological polar surface area (TPSA) is 254 Å². The second-order valence-corrected chi connectivity index (χ2v) is 44.9. The van der Waals surface area contributed by atoms with Crippen molar-refractivity contribution in [2.45, 2.75) is 609 Å². The van der Waals surface area contributed by atoms with Gasteiger partial charge in [-0.05, 0) is 106 Å². The second-order valence-electron chi connectivity index (χ2n) is 43.4. The van der Waals surface area contributed by atoms with Gasteiger partial charge in [-0.3, -0.25) is 0 Å². The molecule has 12 nitrogen and oxygen atoms in total. The Labute approximate surface area is 830 Å². The largest absolute Gasteiger partial charge is 5.00 e. The number of aryl methyl sites for hydroxylation is 3. The average Bonchev–Trinajstić information content (AvgIpc) is 0.680. The molecule has 0 amide bonds. The summed E-state index contributed by atoms with van der Waals surface area (Å²) in [6.07, 6.45) is 95.0. The van der Waals surface area contributed by atoms with Crippen LogP contribution in [0.1, 0.15) is 616 Å². The van der Waals surface area contributed by atoms with Gasteiger partial charge in [0.25, 0.3) is 0 Å². The van der Waals surface area contributed by atoms with E-state index >= 15 is 0 Å². The third-order valence-corrected chi connectivity index (χ3v) is 29.0. The van der Waals surface area contributed by atoms with Crippen molar-refractivity contribution in [3.63, 3.8) is 0 Å². The zero-order chi connectivity index (χ0) is 97.4. The van der Waals surface area contributed by atoms with Crippen LogP contribution in [0.3, 0.4) is 0 Å². The van der Waals surface area contributed by atoms with E-state index in [0.717, 1.165) is 36.0 Å². The van der Waals surface area contributed by atoms with Crippen LogP contribution in [-0.2, 0) is 44.0 Å². The monoisotopic (exact) mass is 2060 g/mol. The summed E-state index contributed by atoms with van der Waals surface area (Å²) in [6.45, 7) is 42.7. The van der Waals surface area contributed by atoms with Crippen LogP contribution in [0.2, 0.25) is 0 Å². The first-order chi connectivity index (χ1) is 62.0. The molecule has 0 aliphatic carbocycles. The minimum atomic E-state index is -3.37. The number of phenolic OH excluding ortho intramolecular Hbond substituents is 3. The fourth-order valence-electron chi connectivity index (χ4n) is 21.9. The van der Waals surface area contributed by atoms with Crippen LogP contribution >= 0.6 is 25.8 Å². The molecule has 0 spiro atoms. The summed E-state index contributed by atoms with van der Waals surface area (Å²) in [5, 5.41) is 38.8. The van der Waals surface area contributed by atoms with Gasteiger partial charge >= 0.3 is 31.0 Å². The van der Waals surface area contributed by atoms with E-state index in [0.29, 0.717) is 17.2 Å². The van der Waals surface area contributed by atoms with E-state index in [1.165, 1.54) is 477 Å². The van der Waals surface area contributed by atoms with E-state index in [-0.39, 0.29) is 44.0 Å². The summed E-state index contributed by atoms with van der Waals surface area (Å²) in [4.78, 5) is 70.1. The van der Waals surface area contributed by atoms with Crippen LogP contribution in [0, 0.1) is 37.5 Å². The molecule has 764 valence electrons. The summed E-state index contributed by atoms with van der Waals surface area (Å²) in [5.41, 5.74) is 9.15. The molecule has 0 saturated carbocycles. The zero-order valence-electron chi connectivity index (χ0n) is 88.9. The second kappa shape index (κ2) is 81.2. The standard InChI is InChI=1S/C115H207O3.H3O3P.H2O3P.O3P.Ta/c1-19-25-31-37-43-49-55-61-67-73-79-85-113(86-80-74-68-62-56-50-44-38-32-26-20-2,87-81-75-69-63-57-51-45-39-33-27-21-3)115(90-84-78-72-66-60-54-48-42-36-30-24-6,102-96-105(112(16,17)18)108(118)93-99(102)9)114(88-82-76-70-64-58-52-46-40-34-28-22-4,89-83-77-71-65-59-53-47-41-35-29-23-5)109(100-94-103(110(10,11)12)106(116)91-97(100)7)101-95-104(111(13,14)15)107(117)92-98(101)8;3*1-4(2)3;/h91-96,116-118H,19-90H2,1-18H3;1-3H;1-2H;;/q-1;;-1;-3;+5. The quantitative estimate of drug-likeness (QED) is 0.0149. The SMILES string of the molecule is CCCCCCCCCCCCCC(CCCCCCCCCCCCC)(CCCCCCCCCCCCC)C(CCCCCCCCCCCCC)(c1cc(C(C)(C)C)c(O)cc1C)C(CCCCCCCCCCCCC)(CCCCCCCCCCCCC)[C-](c1cc(C(C)(C)C)c(O)cc1C)c1cc(C(C)(C)C)c(O)cc1C.OP(O)O.[O-]P(O)O.[O-]P([O-])[O-].[Ta+5]. The van der Waals surface area contributed by atoms with E-state index in [9.17, 15) is 15.3 Å². The number of unbranched alkanes of at least 4 members (excludes halogenated alkanes) is 60. The van der Waals surface area contributed by atoms with Crippen LogP contribution in [0.5, 0.6) is 17.2 Å². The third-order valence-electron chi connectivity index (χ3n) is 29.0. The van der Waals surface area contributed by atoms with E-state index in [1.807, 2.05) is 0 Å². The Hall–Kier alpha value is -1.40.